The topological polar surface area (TPSA) is 103 Å². The lowest BCUT2D eigenvalue weighted by molar-refractivity contribution is -0.151. The van der Waals surface area contributed by atoms with Crippen LogP contribution >= 0.6 is 0 Å². The quantitative estimate of drug-likeness (QED) is 0.531. The molecule has 0 saturated carbocycles. The molecule has 9 nitrogen and oxygen atoms in total. The number of anilines is 1. The summed E-state index contributed by atoms with van der Waals surface area (Å²) < 4.78 is 20.6. The maximum Gasteiger partial charge on any atom is 0.306 e. The fraction of sp³-hybridized carbons (Fsp3) is 0.348. The van der Waals surface area contributed by atoms with Gasteiger partial charge in [0.25, 0.3) is 5.91 Å². The van der Waals surface area contributed by atoms with E-state index in [0.717, 1.165) is 5.56 Å². The first-order valence-electron chi connectivity index (χ1n) is 9.90. The first-order valence-corrected chi connectivity index (χ1v) is 9.90. The van der Waals surface area contributed by atoms with Crippen LogP contribution in [0.4, 0.5) is 5.69 Å². The van der Waals surface area contributed by atoms with E-state index in [1.54, 1.807) is 43.5 Å². The van der Waals surface area contributed by atoms with Gasteiger partial charge in [-0.2, -0.15) is 0 Å². The van der Waals surface area contributed by atoms with E-state index in [2.05, 4.69) is 5.32 Å². The molecule has 32 heavy (non-hydrogen) atoms. The molecule has 0 fully saturated rings. The molecule has 0 aliphatic rings. The number of hydrogen-bond donors (Lipinski definition) is 1. The number of hydrogen-bond acceptors (Lipinski definition) is 7. The van der Waals surface area contributed by atoms with Crippen LogP contribution in [0.15, 0.2) is 42.5 Å². The molecule has 0 saturated heterocycles. The molecule has 1 N–H and O–H groups in total. The van der Waals surface area contributed by atoms with Gasteiger partial charge in [0.1, 0.15) is 5.75 Å². The van der Waals surface area contributed by atoms with Gasteiger partial charge in [0, 0.05) is 25.2 Å². The Labute approximate surface area is 187 Å². The highest BCUT2D eigenvalue weighted by Gasteiger charge is 2.16. The van der Waals surface area contributed by atoms with E-state index in [4.69, 9.17) is 18.9 Å². The second-order valence-electron chi connectivity index (χ2n) is 6.88. The van der Waals surface area contributed by atoms with Gasteiger partial charge in [-0.3, -0.25) is 14.4 Å². The molecule has 2 rings (SSSR count). The first-order chi connectivity index (χ1) is 15.4. The van der Waals surface area contributed by atoms with Crippen molar-refractivity contribution in [3.05, 3.63) is 48.0 Å². The molecule has 0 aliphatic heterocycles. The van der Waals surface area contributed by atoms with Crippen LogP contribution in [0.2, 0.25) is 0 Å². The second-order valence-corrected chi connectivity index (χ2v) is 6.88. The number of esters is 1. The van der Waals surface area contributed by atoms with Crippen LogP contribution in [-0.4, -0.2) is 64.2 Å². The molecular formula is C23H28N2O7. The molecule has 0 heterocycles. The third-order valence-electron chi connectivity index (χ3n) is 4.58. The van der Waals surface area contributed by atoms with E-state index >= 15 is 0 Å². The third-order valence-corrected chi connectivity index (χ3v) is 4.58. The average molecular weight is 444 g/mol. The molecule has 2 amide bonds. The minimum Gasteiger partial charge on any atom is -0.497 e. The van der Waals surface area contributed by atoms with E-state index in [0.29, 0.717) is 29.4 Å². The van der Waals surface area contributed by atoms with E-state index in [9.17, 15) is 14.4 Å². The van der Waals surface area contributed by atoms with Crippen LogP contribution in [0.25, 0.3) is 0 Å². The zero-order valence-corrected chi connectivity index (χ0v) is 18.7. The lowest BCUT2D eigenvalue weighted by atomic mass is 10.1. The number of benzene rings is 2. The molecule has 0 atom stereocenters. The van der Waals surface area contributed by atoms with Gasteiger partial charge in [0.15, 0.2) is 18.1 Å². The Morgan fingerprint density at radius 2 is 1.69 bits per heavy atom. The van der Waals surface area contributed by atoms with Crippen molar-refractivity contribution >= 4 is 23.5 Å². The first kappa shape index (κ1) is 24.5. The number of ether oxygens (including phenoxy) is 4. The van der Waals surface area contributed by atoms with Crippen LogP contribution in [0.3, 0.4) is 0 Å². The van der Waals surface area contributed by atoms with E-state index in [1.807, 2.05) is 6.07 Å². The number of likely N-dealkylation sites (N-methyl/N-ethyl adjacent to an activating group) is 1. The normalized spacial score (nSPS) is 10.1. The lowest BCUT2D eigenvalue weighted by Crippen LogP contribution is -2.37. The lowest BCUT2D eigenvalue weighted by Gasteiger charge is -2.17. The Bertz CT molecular complexity index is 946. The molecule has 0 spiro atoms. The van der Waals surface area contributed by atoms with Crippen molar-refractivity contribution < 1.29 is 33.3 Å². The Kier molecular flexibility index (Phi) is 9.34. The highest BCUT2D eigenvalue weighted by atomic mass is 16.5. The molecule has 172 valence electrons. The molecule has 2 aromatic rings. The number of carbonyl (C=O) groups excluding carboxylic acids is 3. The summed E-state index contributed by atoms with van der Waals surface area (Å²) in [5.41, 5.74) is 1.43. The maximum atomic E-state index is 12.2. The summed E-state index contributed by atoms with van der Waals surface area (Å²) in [7, 11) is 6.08. The number of aryl methyl sites for hydroxylation is 1. The molecule has 2 aromatic carbocycles. The summed E-state index contributed by atoms with van der Waals surface area (Å²) in [4.78, 5) is 37.5. The van der Waals surface area contributed by atoms with Crippen molar-refractivity contribution in [1.29, 1.82) is 0 Å². The molecule has 0 aromatic heterocycles. The van der Waals surface area contributed by atoms with Crippen molar-refractivity contribution in [3.8, 4) is 17.2 Å². The Morgan fingerprint density at radius 1 is 0.938 bits per heavy atom. The summed E-state index contributed by atoms with van der Waals surface area (Å²) >= 11 is 0. The van der Waals surface area contributed by atoms with Gasteiger partial charge in [0.05, 0.1) is 27.9 Å². The largest absolute Gasteiger partial charge is 0.497 e. The predicted octanol–water partition coefficient (Wildman–Crippen LogP) is 2.29. The van der Waals surface area contributed by atoms with Gasteiger partial charge >= 0.3 is 5.97 Å². The van der Waals surface area contributed by atoms with Gasteiger partial charge in [-0.15, -0.1) is 0 Å². The van der Waals surface area contributed by atoms with Gasteiger partial charge in [-0.25, -0.2) is 0 Å². The summed E-state index contributed by atoms with van der Waals surface area (Å²) in [6.45, 7) is -0.618. The fourth-order valence-electron chi connectivity index (χ4n) is 2.81. The molecular weight excluding hydrogens is 416 g/mol. The minimum absolute atomic E-state index is 0.100. The Balaban J connectivity index is 1.75. The third kappa shape index (κ3) is 7.50. The molecule has 0 aliphatic carbocycles. The highest BCUT2D eigenvalue weighted by Crippen LogP contribution is 2.28. The smallest absolute Gasteiger partial charge is 0.306 e. The van der Waals surface area contributed by atoms with Crippen LogP contribution in [0.1, 0.15) is 12.0 Å². The van der Waals surface area contributed by atoms with E-state index in [-0.39, 0.29) is 18.9 Å². The Morgan fingerprint density at radius 3 is 2.38 bits per heavy atom. The zero-order valence-electron chi connectivity index (χ0n) is 18.7. The maximum absolute atomic E-state index is 12.2. The fourth-order valence-corrected chi connectivity index (χ4v) is 2.81. The van der Waals surface area contributed by atoms with Crippen LogP contribution in [0, 0.1) is 0 Å². The van der Waals surface area contributed by atoms with Gasteiger partial charge in [-0.1, -0.05) is 12.1 Å². The number of rotatable bonds is 11. The second kappa shape index (κ2) is 12.2. The van der Waals surface area contributed by atoms with E-state index < -0.39 is 18.5 Å². The van der Waals surface area contributed by atoms with Crippen LogP contribution in [0.5, 0.6) is 17.2 Å². The van der Waals surface area contributed by atoms with Crippen molar-refractivity contribution in [2.24, 2.45) is 0 Å². The molecule has 0 unspecified atom stereocenters. The number of amides is 2. The molecule has 0 bridgehead atoms. The highest BCUT2D eigenvalue weighted by molar-refractivity contribution is 5.94. The summed E-state index contributed by atoms with van der Waals surface area (Å²) in [6, 6.07) is 12.2. The van der Waals surface area contributed by atoms with Gasteiger partial charge in [-0.05, 0) is 36.2 Å². The average Bonchev–Trinajstić information content (AvgIpc) is 2.80. The summed E-state index contributed by atoms with van der Waals surface area (Å²) in [5.74, 6) is 0.402. The van der Waals surface area contributed by atoms with Crippen molar-refractivity contribution in [2.75, 3.05) is 46.8 Å². The number of carbonyl (C=O) groups is 3. The predicted molar refractivity (Wildman–Crippen MR) is 118 cm³/mol. The van der Waals surface area contributed by atoms with Gasteiger partial charge < -0.3 is 29.2 Å². The standard InChI is InChI=1S/C23H28N2O7/c1-25(14-21(26)24-17-6-5-7-18(13-17)29-2)22(27)15-32-23(28)11-9-16-8-10-19(30-3)20(12-16)31-4/h5-8,10,12-13H,9,11,14-15H2,1-4H3,(H,24,26). The summed E-state index contributed by atoms with van der Waals surface area (Å²) in [6.07, 6.45) is 0.523. The molecule has 9 heteroatoms. The van der Waals surface area contributed by atoms with Crippen molar-refractivity contribution in [3.63, 3.8) is 0 Å². The molecule has 0 radical (unpaired) electrons. The van der Waals surface area contributed by atoms with Crippen LogP contribution in [-0.2, 0) is 25.5 Å². The zero-order chi connectivity index (χ0) is 23.5. The van der Waals surface area contributed by atoms with Crippen molar-refractivity contribution in [1.82, 2.24) is 4.90 Å². The number of nitrogens with zero attached hydrogens (tertiary/aromatic N) is 1. The van der Waals surface area contributed by atoms with Gasteiger partial charge in [0.2, 0.25) is 5.91 Å². The SMILES string of the molecule is COc1cccc(NC(=O)CN(C)C(=O)COC(=O)CCc2ccc(OC)c(OC)c2)c1. The Hall–Kier alpha value is -3.75. The minimum atomic E-state index is -0.512. The summed E-state index contributed by atoms with van der Waals surface area (Å²) in [5, 5.41) is 2.68. The van der Waals surface area contributed by atoms with E-state index in [1.165, 1.54) is 26.2 Å². The number of methoxy groups -OCH3 is 3. The monoisotopic (exact) mass is 444 g/mol. The van der Waals surface area contributed by atoms with Crippen molar-refractivity contribution in [2.45, 2.75) is 12.8 Å². The van der Waals surface area contributed by atoms with Crippen LogP contribution < -0.4 is 19.5 Å². The number of nitrogens with one attached hydrogen (secondary N) is 1.